The molecule has 0 atom stereocenters. The highest BCUT2D eigenvalue weighted by atomic mass is 127. The topological polar surface area (TPSA) is 26.0 Å². The van der Waals surface area contributed by atoms with Crippen LogP contribution in [0.3, 0.4) is 0 Å². The normalized spacial score (nSPS) is 9.36. The molecule has 0 spiro atoms. The summed E-state index contributed by atoms with van der Waals surface area (Å²) >= 11 is 6.98. The molecular formula is C10H14I3N. The van der Waals surface area contributed by atoms with Crippen molar-refractivity contribution in [3.8, 4) is 0 Å². The summed E-state index contributed by atoms with van der Waals surface area (Å²) < 4.78 is 3.70. The van der Waals surface area contributed by atoms with Gasteiger partial charge in [-0.15, -0.1) is 0 Å². The molecule has 0 amide bonds. The molecule has 0 aliphatic rings. The molecule has 0 saturated carbocycles. The molecule has 1 aromatic rings. The van der Waals surface area contributed by atoms with E-state index in [1.54, 1.807) is 0 Å². The highest BCUT2D eigenvalue weighted by Gasteiger charge is 2.11. The van der Waals surface area contributed by atoms with Crippen molar-refractivity contribution in [3.63, 3.8) is 0 Å². The first kappa shape index (κ1) is 15.2. The predicted octanol–water partition coefficient (Wildman–Crippen LogP) is 4.73. The fourth-order valence-electron chi connectivity index (χ4n) is 0.974. The summed E-state index contributed by atoms with van der Waals surface area (Å²) in [5.41, 5.74) is 9.45. The van der Waals surface area contributed by atoms with Crippen LogP contribution in [0.25, 0.3) is 0 Å². The van der Waals surface area contributed by atoms with Crippen LogP contribution < -0.4 is 5.73 Å². The quantitative estimate of drug-likeness (QED) is 0.383. The van der Waals surface area contributed by atoms with Crippen LogP contribution in [0.2, 0.25) is 0 Å². The molecule has 0 saturated heterocycles. The monoisotopic (exact) mass is 529 g/mol. The van der Waals surface area contributed by atoms with Crippen molar-refractivity contribution in [3.05, 3.63) is 21.8 Å². The van der Waals surface area contributed by atoms with Gasteiger partial charge in [0.25, 0.3) is 0 Å². The van der Waals surface area contributed by atoms with Gasteiger partial charge in [-0.1, -0.05) is 13.8 Å². The van der Waals surface area contributed by atoms with E-state index in [0.717, 1.165) is 5.69 Å². The summed E-state index contributed by atoms with van der Waals surface area (Å²) in [4.78, 5) is 0. The van der Waals surface area contributed by atoms with Crippen LogP contribution in [-0.4, -0.2) is 0 Å². The summed E-state index contributed by atoms with van der Waals surface area (Å²) in [6.07, 6.45) is 0. The first-order chi connectivity index (χ1) is 6.46. The number of halogens is 3. The molecule has 1 nitrogen and oxygen atoms in total. The Bertz CT molecular complexity index is 230. The van der Waals surface area contributed by atoms with Gasteiger partial charge in [0.15, 0.2) is 0 Å². The molecule has 0 bridgehead atoms. The zero-order valence-electron chi connectivity index (χ0n) is 8.71. The van der Waals surface area contributed by atoms with Gasteiger partial charge < -0.3 is 5.73 Å². The lowest BCUT2D eigenvalue weighted by Gasteiger charge is -2.11. The Morgan fingerprint density at radius 2 is 1.07 bits per heavy atom. The lowest BCUT2D eigenvalue weighted by Crippen LogP contribution is -2.01. The van der Waals surface area contributed by atoms with Gasteiger partial charge in [-0.3, -0.25) is 0 Å². The summed E-state index contributed by atoms with van der Waals surface area (Å²) in [5, 5.41) is 0. The van der Waals surface area contributed by atoms with Crippen LogP contribution in [-0.2, 0) is 0 Å². The van der Waals surface area contributed by atoms with Gasteiger partial charge in [0.05, 0.1) is 5.69 Å². The smallest absolute Gasteiger partial charge is 0.0591 e. The van der Waals surface area contributed by atoms with E-state index in [1.807, 2.05) is 13.8 Å². The molecule has 0 aliphatic heterocycles. The average Bonchev–Trinajstić information content (AvgIpc) is 2.24. The number of nitrogen functional groups attached to an aromatic ring is 1. The first-order valence-electron chi connectivity index (χ1n) is 4.36. The van der Waals surface area contributed by atoms with E-state index in [0.29, 0.717) is 0 Å². The van der Waals surface area contributed by atoms with Crippen LogP contribution in [0, 0.1) is 24.6 Å². The maximum absolute atomic E-state index is 5.93. The third-order valence-electron chi connectivity index (χ3n) is 1.79. The standard InChI is InChI=1S/C8H8I3N.C2H6/c1-3-5(9)4(2)7(11)8(12)6(3)10;1-2/h12H2,1-2H3;1-2H3. The van der Waals surface area contributed by atoms with Crippen molar-refractivity contribution < 1.29 is 0 Å². The van der Waals surface area contributed by atoms with Crippen LogP contribution in [0.4, 0.5) is 5.69 Å². The second-order valence-electron chi connectivity index (χ2n) is 2.61. The Morgan fingerprint density at radius 3 is 1.36 bits per heavy atom. The van der Waals surface area contributed by atoms with Crippen molar-refractivity contribution in [2.75, 3.05) is 5.73 Å². The minimum Gasteiger partial charge on any atom is -0.397 e. The van der Waals surface area contributed by atoms with E-state index in [1.165, 1.54) is 21.8 Å². The van der Waals surface area contributed by atoms with E-state index < -0.39 is 0 Å². The van der Waals surface area contributed by atoms with Gasteiger partial charge in [-0.05, 0) is 92.7 Å². The molecule has 0 radical (unpaired) electrons. The molecule has 80 valence electrons. The first-order valence-corrected chi connectivity index (χ1v) is 7.59. The van der Waals surface area contributed by atoms with Crippen molar-refractivity contribution >= 4 is 73.5 Å². The maximum Gasteiger partial charge on any atom is 0.0591 e. The Labute approximate surface area is 127 Å². The molecular weight excluding hydrogens is 515 g/mol. The SMILES string of the molecule is CC.Cc1c(I)c(C)c(I)c(N)c1I. The average molecular weight is 529 g/mol. The number of nitrogens with two attached hydrogens (primary N) is 1. The number of rotatable bonds is 0. The van der Waals surface area contributed by atoms with Gasteiger partial charge in [0, 0.05) is 10.7 Å². The second-order valence-corrected chi connectivity index (χ2v) is 5.84. The largest absolute Gasteiger partial charge is 0.397 e. The fraction of sp³-hybridized carbons (Fsp3) is 0.400. The van der Waals surface area contributed by atoms with Gasteiger partial charge in [0.1, 0.15) is 0 Å². The Balaban J connectivity index is 0.000000791. The minimum absolute atomic E-state index is 0.923. The van der Waals surface area contributed by atoms with Crippen LogP contribution in [0.1, 0.15) is 25.0 Å². The number of anilines is 1. The predicted molar refractivity (Wildman–Crippen MR) is 89.8 cm³/mol. The zero-order chi connectivity index (χ0) is 11.5. The van der Waals surface area contributed by atoms with Crippen molar-refractivity contribution in [2.24, 2.45) is 0 Å². The lowest BCUT2D eigenvalue weighted by atomic mass is 10.1. The van der Waals surface area contributed by atoms with E-state index in [4.69, 9.17) is 5.73 Å². The summed E-state index contributed by atoms with van der Waals surface area (Å²) in [6.45, 7) is 8.23. The molecule has 4 heteroatoms. The zero-order valence-corrected chi connectivity index (χ0v) is 15.2. The summed E-state index contributed by atoms with van der Waals surface area (Å²) in [6, 6.07) is 0. The number of benzene rings is 1. The third kappa shape index (κ3) is 3.10. The van der Waals surface area contributed by atoms with Gasteiger partial charge >= 0.3 is 0 Å². The molecule has 0 aliphatic carbocycles. The molecule has 0 fully saturated rings. The Kier molecular flexibility index (Phi) is 7.30. The molecule has 0 unspecified atom stereocenters. The number of hydrogen-bond donors (Lipinski definition) is 1. The van der Waals surface area contributed by atoms with Crippen molar-refractivity contribution in [1.82, 2.24) is 0 Å². The van der Waals surface area contributed by atoms with Gasteiger partial charge in [-0.25, -0.2) is 0 Å². The Hall–Kier alpha value is 1.21. The second kappa shape index (κ2) is 6.72. The summed E-state index contributed by atoms with van der Waals surface area (Å²) in [7, 11) is 0. The molecule has 14 heavy (non-hydrogen) atoms. The molecule has 2 N–H and O–H groups in total. The lowest BCUT2D eigenvalue weighted by molar-refractivity contribution is 1.29. The van der Waals surface area contributed by atoms with E-state index in [2.05, 4.69) is 81.6 Å². The third-order valence-corrected chi connectivity index (χ3v) is 6.19. The van der Waals surface area contributed by atoms with Crippen LogP contribution >= 0.6 is 67.8 Å². The molecule has 1 aromatic carbocycles. The Morgan fingerprint density at radius 1 is 0.786 bits per heavy atom. The van der Waals surface area contributed by atoms with Crippen LogP contribution in [0.15, 0.2) is 0 Å². The number of hydrogen-bond acceptors (Lipinski definition) is 1. The van der Waals surface area contributed by atoms with Crippen molar-refractivity contribution in [1.29, 1.82) is 0 Å². The van der Waals surface area contributed by atoms with Gasteiger partial charge in [0.2, 0.25) is 0 Å². The minimum atomic E-state index is 0.923. The van der Waals surface area contributed by atoms with E-state index >= 15 is 0 Å². The molecule has 1 rings (SSSR count). The van der Waals surface area contributed by atoms with E-state index in [-0.39, 0.29) is 0 Å². The van der Waals surface area contributed by atoms with Crippen molar-refractivity contribution in [2.45, 2.75) is 27.7 Å². The molecule has 0 aromatic heterocycles. The highest BCUT2D eigenvalue weighted by Crippen LogP contribution is 2.32. The summed E-state index contributed by atoms with van der Waals surface area (Å²) in [5.74, 6) is 0. The fourth-order valence-corrected chi connectivity index (χ4v) is 4.14. The van der Waals surface area contributed by atoms with Gasteiger partial charge in [-0.2, -0.15) is 0 Å². The highest BCUT2D eigenvalue weighted by molar-refractivity contribution is 14.1. The van der Waals surface area contributed by atoms with Crippen LogP contribution in [0.5, 0.6) is 0 Å². The maximum atomic E-state index is 5.93. The van der Waals surface area contributed by atoms with E-state index in [9.17, 15) is 0 Å². The molecule has 0 heterocycles.